The number of hydrogen-bond donors (Lipinski definition) is 1. The van der Waals surface area contributed by atoms with E-state index in [1.807, 2.05) is 13.1 Å². The van der Waals surface area contributed by atoms with E-state index < -0.39 is 0 Å². The minimum absolute atomic E-state index is 1.10. The first-order valence-electron chi connectivity index (χ1n) is 4.27. The van der Waals surface area contributed by atoms with Crippen LogP contribution in [0.5, 0.6) is 0 Å². The zero-order chi connectivity index (χ0) is 8.53. The molecule has 0 saturated heterocycles. The number of rotatable bonds is 7. The van der Waals surface area contributed by atoms with Crippen LogP contribution < -0.4 is 5.32 Å². The summed E-state index contributed by atoms with van der Waals surface area (Å²) in [6, 6.07) is 0. The van der Waals surface area contributed by atoms with Crippen LogP contribution in [0.25, 0.3) is 0 Å². The third-order valence-corrected chi connectivity index (χ3v) is 1.74. The molecule has 0 fully saturated rings. The summed E-state index contributed by atoms with van der Waals surface area (Å²) in [5.74, 6) is 0. The predicted molar refractivity (Wildman–Crippen MR) is 54.5 cm³/mol. The van der Waals surface area contributed by atoms with Crippen LogP contribution >= 0.6 is 0 Å². The summed E-state index contributed by atoms with van der Waals surface area (Å²) in [5, 5.41) is 3.04. The Morgan fingerprint density at radius 2 is 2.18 bits per heavy atom. The van der Waals surface area contributed by atoms with Gasteiger partial charge in [-0.2, -0.15) is 0 Å². The molecule has 0 aromatic heterocycles. The van der Waals surface area contributed by atoms with Crippen molar-refractivity contribution in [1.29, 1.82) is 0 Å². The average Bonchev–Trinajstić information content (AvgIpc) is 2.04. The summed E-state index contributed by atoms with van der Waals surface area (Å²) in [6.45, 7) is 3.68. The van der Waals surface area contributed by atoms with Gasteiger partial charge in [0.25, 0.3) is 0 Å². The van der Waals surface area contributed by atoms with Crippen molar-refractivity contribution in [1.82, 2.24) is 5.32 Å². The van der Waals surface area contributed by atoms with Gasteiger partial charge in [-0.05, 0) is 0 Å². The molecule has 0 atom stereocenters. The number of allylic oxidation sites excluding steroid dienone is 1. The first-order chi connectivity index (χ1) is 5.31. The molecule has 0 heterocycles. The molecular weight excluding hydrogens is 133 g/mol. The Morgan fingerprint density at radius 1 is 1.45 bits per heavy atom. The number of unbranched alkanes of at least 4 members (excludes halogenated alkanes) is 3. The van der Waals surface area contributed by atoms with Crippen molar-refractivity contribution in [3.63, 3.8) is 0 Å². The van der Waals surface area contributed by atoms with E-state index >= 15 is 0 Å². The Hall–Kier alpha value is -0.525. The van der Waals surface area contributed by atoms with Crippen LogP contribution in [0.3, 0.4) is 0 Å². The summed E-state index contributed by atoms with van der Waals surface area (Å²) in [7, 11) is 5.78. The van der Waals surface area contributed by atoms with Gasteiger partial charge in [0.2, 0.25) is 0 Å². The van der Waals surface area contributed by atoms with Gasteiger partial charge in [-0.1, -0.05) is 0 Å². The monoisotopic (exact) mass is 151 g/mol. The molecule has 0 rings (SSSR count). The summed E-state index contributed by atoms with van der Waals surface area (Å²) in [6.07, 6.45) is 8.02. The van der Waals surface area contributed by atoms with E-state index in [9.17, 15) is 0 Å². The molecule has 0 aromatic rings. The Morgan fingerprint density at radius 3 is 2.73 bits per heavy atom. The van der Waals surface area contributed by atoms with Crippen LogP contribution in [0.15, 0.2) is 12.7 Å². The molecule has 0 unspecified atom stereocenters. The zero-order valence-corrected chi connectivity index (χ0v) is 7.53. The molecule has 0 aliphatic carbocycles. The van der Waals surface area contributed by atoms with E-state index in [1.165, 1.54) is 19.3 Å². The molecule has 1 N–H and O–H groups in total. The van der Waals surface area contributed by atoms with Crippen LogP contribution in [0.4, 0.5) is 0 Å². The number of hydrogen-bond acceptors (Lipinski definition) is 1. The maximum atomic E-state index is 3.86. The van der Waals surface area contributed by atoms with Crippen LogP contribution in [-0.4, -0.2) is 20.1 Å². The van der Waals surface area contributed by atoms with E-state index in [-0.39, 0.29) is 0 Å². The Bertz CT molecular complexity index is 121. The molecule has 62 valence electrons. The first kappa shape index (κ1) is 10.5. The van der Waals surface area contributed by atoms with Crippen LogP contribution in [0, 0.1) is 0 Å². The van der Waals surface area contributed by atoms with Gasteiger partial charge < -0.3 is 0 Å². The average molecular weight is 151 g/mol. The fraction of sp³-hybridized carbons (Fsp3) is 0.667. The maximum absolute atomic E-state index is 3.86. The molecule has 0 bridgehead atoms. The minimum atomic E-state index is 1.10. The molecule has 0 saturated carbocycles. The fourth-order valence-electron chi connectivity index (χ4n) is 0.929. The second-order valence-corrected chi connectivity index (χ2v) is 2.74. The van der Waals surface area contributed by atoms with Gasteiger partial charge in [0.05, 0.1) is 0 Å². The normalized spacial score (nSPS) is 9.09. The van der Waals surface area contributed by atoms with Gasteiger partial charge >= 0.3 is 70.2 Å². The van der Waals surface area contributed by atoms with Crippen molar-refractivity contribution in [3.05, 3.63) is 12.7 Å². The van der Waals surface area contributed by atoms with Gasteiger partial charge in [-0.3, -0.25) is 0 Å². The fourth-order valence-corrected chi connectivity index (χ4v) is 0.929. The van der Waals surface area contributed by atoms with Gasteiger partial charge in [-0.15, -0.1) is 0 Å². The van der Waals surface area contributed by atoms with E-state index in [4.69, 9.17) is 0 Å². The molecule has 1 nitrogen and oxygen atoms in total. The van der Waals surface area contributed by atoms with Crippen molar-refractivity contribution in [2.24, 2.45) is 0 Å². The standard InChI is InChI=1S/C9H18BN/c1-3-4-5-6-7-8-9(10)11-2/h3,10-11H,1,4-8H2,2H3. The van der Waals surface area contributed by atoms with Crippen molar-refractivity contribution >= 4 is 13.1 Å². The molecule has 0 aliphatic rings. The van der Waals surface area contributed by atoms with Gasteiger partial charge in [0, 0.05) is 0 Å². The number of nitrogens with one attached hydrogen (secondary N) is 1. The molecule has 0 radical (unpaired) electrons. The van der Waals surface area contributed by atoms with E-state index in [0.29, 0.717) is 0 Å². The summed E-state index contributed by atoms with van der Waals surface area (Å²) >= 11 is 0. The van der Waals surface area contributed by atoms with Gasteiger partial charge in [-0.25, -0.2) is 0 Å². The summed E-state index contributed by atoms with van der Waals surface area (Å²) in [5.41, 5.74) is 1.14. The second-order valence-electron chi connectivity index (χ2n) is 2.74. The SMILES string of the molecule is B=C(CCCCCC=C)NC. The van der Waals surface area contributed by atoms with Crippen LogP contribution in [-0.2, 0) is 0 Å². The van der Waals surface area contributed by atoms with Crippen molar-refractivity contribution in [2.75, 3.05) is 7.05 Å². The predicted octanol–water partition coefficient (Wildman–Crippen LogP) is 1.37. The van der Waals surface area contributed by atoms with E-state index in [1.54, 1.807) is 0 Å². The Kier molecular flexibility index (Phi) is 7.22. The van der Waals surface area contributed by atoms with Gasteiger partial charge in [0.15, 0.2) is 0 Å². The molecule has 0 spiro atoms. The van der Waals surface area contributed by atoms with Crippen molar-refractivity contribution < 1.29 is 0 Å². The third kappa shape index (κ3) is 7.37. The molecule has 2 heteroatoms. The third-order valence-electron chi connectivity index (χ3n) is 1.74. The molecule has 11 heavy (non-hydrogen) atoms. The Balaban J connectivity index is 3.01. The van der Waals surface area contributed by atoms with E-state index in [0.717, 1.165) is 18.4 Å². The second kappa shape index (κ2) is 7.58. The molecular formula is C9H18BN. The topological polar surface area (TPSA) is 12.0 Å². The van der Waals surface area contributed by atoms with Crippen LogP contribution in [0.2, 0.25) is 0 Å². The molecule has 0 aliphatic heterocycles. The summed E-state index contributed by atoms with van der Waals surface area (Å²) in [4.78, 5) is 0. The molecule has 0 aromatic carbocycles. The van der Waals surface area contributed by atoms with E-state index in [2.05, 4.69) is 19.4 Å². The van der Waals surface area contributed by atoms with Gasteiger partial charge in [0.1, 0.15) is 0 Å². The molecule has 0 amide bonds. The van der Waals surface area contributed by atoms with Crippen LogP contribution in [0.1, 0.15) is 32.1 Å². The quantitative estimate of drug-likeness (QED) is 0.329. The zero-order valence-electron chi connectivity index (χ0n) is 7.53. The summed E-state index contributed by atoms with van der Waals surface area (Å²) < 4.78 is 0. The Labute approximate surface area is 71.0 Å². The van der Waals surface area contributed by atoms with Crippen molar-refractivity contribution in [2.45, 2.75) is 32.1 Å². The van der Waals surface area contributed by atoms with Crippen molar-refractivity contribution in [3.8, 4) is 0 Å². The first-order valence-corrected chi connectivity index (χ1v) is 4.27.